The molecular formula is C41H80N2O16P2. The Morgan fingerprint density at radius 2 is 0.852 bits per heavy atom. The van der Waals surface area contributed by atoms with Crippen LogP contribution in [0.2, 0.25) is 0 Å². The lowest BCUT2D eigenvalue weighted by Gasteiger charge is -2.48. The van der Waals surface area contributed by atoms with E-state index in [1.165, 1.54) is 44.9 Å². The minimum Gasteiger partial charge on any atom is -0.481 e. The topological polar surface area (TPSA) is 223 Å². The molecule has 0 saturated carbocycles. The van der Waals surface area contributed by atoms with E-state index in [1.807, 2.05) is 20.8 Å². The molecule has 0 aromatic carbocycles. The van der Waals surface area contributed by atoms with Crippen LogP contribution in [0.25, 0.3) is 0 Å². The summed E-state index contributed by atoms with van der Waals surface area (Å²) in [5.74, 6) is -6.12. The third-order valence-corrected chi connectivity index (χ3v) is 15.0. The highest BCUT2D eigenvalue weighted by molar-refractivity contribution is 7.55. The zero-order valence-electron chi connectivity index (χ0n) is 40.3. The molecule has 0 fully saturated rings. The minimum atomic E-state index is -3.93. The predicted octanol–water partition coefficient (Wildman–Crippen LogP) is 8.76. The van der Waals surface area contributed by atoms with E-state index in [9.17, 15) is 38.5 Å². The van der Waals surface area contributed by atoms with Crippen molar-refractivity contribution in [1.29, 1.82) is 0 Å². The lowest BCUT2D eigenvalue weighted by atomic mass is 9.87. The number of aliphatic carboxylic acids is 2. The molecule has 0 amide bonds. The van der Waals surface area contributed by atoms with Gasteiger partial charge in [-0.15, -0.1) is 0 Å². The van der Waals surface area contributed by atoms with Gasteiger partial charge in [-0.05, 0) is 99.8 Å². The first-order valence-corrected chi connectivity index (χ1v) is 24.3. The predicted molar refractivity (Wildman–Crippen MR) is 231 cm³/mol. The van der Waals surface area contributed by atoms with Gasteiger partial charge in [0.2, 0.25) is 0 Å². The van der Waals surface area contributed by atoms with Crippen LogP contribution in [0, 0.1) is 21.7 Å². The third kappa shape index (κ3) is 18.6. The molecule has 0 aliphatic carbocycles. The Morgan fingerprint density at radius 3 is 1.13 bits per heavy atom. The van der Waals surface area contributed by atoms with Crippen molar-refractivity contribution >= 4 is 39.1 Å². The maximum atomic E-state index is 14.4. The fourth-order valence-electron chi connectivity index (χ4n) is 6.39. The summed E-state index contributed by atoms with van der Waals surface area (Å²) in [4.78, 5) is 64.1. The minimum absolute atomic E-state index is 0.0729. The molecule has 0 rings (SSSR count). The number of hydrogen-bond acceptors (Lipinski definition) is 16. The molecule has 4 unspecified atom stereocenters. The van der Waals surface area contributed by atoms with E-state index in [1.54, 1.807) is 69.2 Å². The van der Waals surface area contributed by atoms with E-state index in [-0.39, 0.29) is 65.3 Å². The maximum absolute atomic E-state index is 14.4. The van der Waals surface area contributed by atoms with Gasteiger partial charge in [0.25, 0.3) is 0 Å². The fourth-order valence-corrected chi connectivity index (χ4v) is 11.6. The highest BCUT2D eigenvalue weighted by Gasteiger charge is 2.53. The number of carbonyl (C=O) groups excluding carboxylic acids is 2. The third-order valence-electron chi connectivity index (χ3n) is 9.25. The highest BCUT2D eigenvalue weighted by atomic mass is 31.2. The Balaban J connectivity index is 6.32. The summed E-state index contributed by atoms with van der Waals surface area (Å²) in [6.07, 6.45) is -3.09. The molecule has 61 heavy (non-hydrogen) atoms. The number of hydroxylamine groups is 4. The van der Waals surface area contributed by atoms with Crippen LogP contribution in [0.15, 0.2) is 0 Å². The van der Waals surface area contributed by atoms with Crippen LogP contribution in [0.1, 0.15) is 143 Å². The van der Waals surface area contributed by atoms with Gasteiger partial charge in [-0.2, -0.15) is 10.1 Å². The van der Waals surface area contributed by atoms with Crippen LogP contribution in [0.3, 0.4) is 0 Å². The highest BCUT2D eigenvalue weighted by Crippen LogP contribution is 2.61. The van der Waals surface area contributed by atoms with Crippen molar-refractivity contribution in [3.63, 3.8) is 0 Å². The lowest BCUT2D eigenvalue weighted by molar-refractivity contribution is -0.271. The number of ether oxygens (including phenoxy) is 2. The zero-order chi connectivity index (χ0) is 48.0. The number of carboxylic acid groups (broad SMARTS) is 2. The van der Waals surface area contributed by atoms with Crippen molar-refractivity contribution in [2.45, 2.75) is 173 Å². The van der Waals surface area contributed by atoms with Gasteiger partial charge in [0.1, 0.15) is 11.6 Å². The molecule has 0 saturated heterocycles. The van der Waals surface area contributed by atoms with Crippen LogP contribution in [-0.2, 0) is 65.6 Å². The first-order chi connectivity index (χ1) is 27.6. The van der Waals surface area contributed by atoms with Crippen LogP contribution < -0.4 is 0 Å². The normalized spacial score (nSPS) is 15.7. The Kier molecular flexibility index (Phi) is 23.6. The smallest absolute Gasteiger partial charge is 0.350 e. The van der Waals surface area contributed by atoms with Crippen molar-refractivity contribution in [2.24, 2.45) is 21.7 Å². The van der Waals surface area contributed by atoms with E-state index in [4.69, 9.17) is 37.2 Å². The van der Waals surface area contributed by atoms with Crippen LogP contribution in [-0.4, -0.2) is 120 Å². The standard InChI is InChI=1S/C41H80N2O16P2/c1-19-54-60(50,55-20-2)33(37(5,6)7)42(18)58-29(27-40(14,15)35(46)47)31(44)52-25-23-24-26-53-32(45)30(28-41(16,17)36(48)49)59-43(39(11,12)13)34(38(8,9)10)61(51,56-21-3)57-22-4/h29-30,33-34H,19-28H2,1-18H3,(H,46,47)(H,48,49). The van der Waals surface area contributed by atoms with E-state index in [2.05, 4.69) is 0 Å². The van der Waals surface area contributed by atoms with Crippen molar-refractivity contribution < 1.29 is 75.8 Å². The Morgan fingerprint density at radius 1 is 0.541 bits per heavy atom. The molecule has 4 atom stereocenters. The van der Waals surface area contributed by atoms with Gasteiger partial charge < -0.3 is 37.8 Å². The molecule has 0 aliphatic heterocycles. The largest absolute Gasteiger partial charge is 0.481 e. The monoisotopic (exact) mass is 918 g/mol. The number of unbranched alkanes of at least 4 members (excludes halogenated alkanes) is 1. The van der Waals surface area contributed by atoms with Crippen LogP contribution in [0.5, 0.6) is 0 Å². The van der Waals surface area contributed by atoms with Crippen molar-refractivity contribution in [1.82, 2.24) is 10.1 Å². The van der Waals surface area contributed by atoms with E-state index in [0.29, 0.717) is 0 Å². The summed E-state index contributed by atoms with van der Waals surface area (Å²) < 4.78 is 62.3. The summed E-state index contributed by atoms with van der Waals surface area (Å²) in [6.45, 7) is 28.8. The van der Waals surface area contributed by atoms with Gasteiger partial charge in [-0.25, -0.2) is 9.59 Å². The molecule has 0 aromatic rings. The number of esters is 2. The zero-order valence-corrected chi connectivity index (χ0v) is 42.1. The van der Waals surface area contributed by atoms with Crippen molar-refractivity contribution in [3.05, 3.63) is 0 Å². The van der Waals surface area contributed by atoms with Gasteiger partial charge >= 0.3 is 39.1 Å². The number of carbonyl (C=O) groups is 4. The second-order valence-corrected chi connectivity index (χ2v) is 23.5. The van der Waals surface area contributed by atoms with Crippen LogP contribution >= 0.6 is 15.2 Å². The molecule has 360 valence electrons. The summed E-state index contributed by atoms with van der Waals surface area (Å²) in [5.41, 5.74) is -5.34. The Hall–Kier alpha value is -1.98. The molecule has 0 heterocycles. The molecular weight excluding hydrogens is 838 g/mol. The molecule has 0 aromatic heterocycles. The fraction of sp³-hybridized carbons (Fsp3) is 0.902. The first kappa shape index (κ1) is 59.0. The van der Waals surface area contributed by atoms with Crippen LogP contribution in [0.4, 0.5) is 0 Å². The number of hydrogen-bond donors (Lipinski definition) is 2. The molecule has 0 radical (unpaired) electrons. The molecule has 0 aliphatic rings. The molecule has 0 bridgehead atoms. The van der Waals surface area contributed by atoms with Crippen molar-refractivity contribution in [2.75, 3.05) is 46.7 Å². The van der Waals surface area contributed by atoms with Gasteiger partial charge in [0.15, 0.2) is 12.2 Å². The van der Waals surface area contributed by atoms with Gasteiger partial charge in [-0.3, -0.25) is 28.4 Å². The van der Waals surface area contributed by atoms with Crippen molar-refractivity contribution in [3.8, 4) is 0 Å². The van der Waals surface area contributed by atoms with E-state index >= 15 is 0 Å². The summed E-state index contributed by atoms with van der Waals surface area (Å²) >= 11 is 0. The number of nitrogens with zero attached hydrogens (tertiary/aromatic N) is 2. The average Bonchev–Trinajstić information content (AvgIpc) is 3.06. The summed E-state index contributed by atoms with van der Waals surface area (Å²) in [5, 5.41) is 22.5. The summed E-state index contributed by atoms with van der Waals surface area (Å²) in [7, 11) is -6.31. The first-order valence-electron chi connectivity index (χ1n) is 21.0. The molecule has 0 spiro atoms. The quantitative estimate of drug-likeness (QED) is 0.0309. The second kappa shape index (κ2) is 24.3. The SMILES string of the molecule is CCOP(=O)(OCC)C(N(C)OC(CC(C)(C)C(=O)O)C(=O)OCCCCOC(=O)C(CC(C)(C)C(=O)O)ON(C(C(C)(C)C)P(=O)(OCC)OCC)C(C)(C)C)C(C)(C)C. The Bertz CT molecular complexity index is 1480. The van der Waals surface area contributed by atoms with Gasteiger partial charge in [0, 0.05) is 25.4 Å². The molecule has 20 heteroatoms. The van der Waals surface area contributed by atoms with E-state index in [0.717, 1.165) is 0 Å². The molecule has 18 nitrogen and oxygen atoms in total. The number of rotatable bonds is 29. The Labute approximate surface area is 365 Å². The van der Waals surface area contributed by atoms with Gasteiger partial charge in [-0.1, -0.05) is 41.5 Å². The second-order valence-electron chi connectivity index (χ2n) is 19.3. The number of carboxylic acids is 2. The lowest BCUT2D eigenvalue weighted by Crippen LogP contribution is -2.56. The average molecular weight is 919 g/mol. The molecule has 2 N–H and O–H groups in total. The van der Waals surface area contributed by atoms with E-state index < -0.39 is 90.0 Å². The van der Waals surface area contributed by atoms with Gasteiger partial charge in [0.05, 0.1) is 50.5 Å². The summed E-state index contributed by atoms with van der Waals surface area (Å²) in [6, 6.07) is 0. The maximum Gasteiger partial charge on any atom is 0.350 e.